The summed E-state index contributed by atoms with van der Waals surface area (Å²) < 4.78 is 24.7. The minimum absolute atomic E-state index is 0.0541. The Labute approximate surface area is 242 Å². The predicted molar refractivity (Wildman–Crippen MR) is 156 cm³/mol. The number of rotatable bonds is 11. The Kier molecular flexibility index (Phi) is 9.19. The smallest absolute Gasteiger partial charge is 0.161 e. The summed E-state index contributed by atoms with van der Waals surface area (Å²) in [5.74, 6) is 2.85. The predicted octanol–water partition coefficient (Wildman–Crippen LogP) is 6.00. The van der Waals surface area contributed by atoms with Gasteiger partial charge in [0.25, 0.3) is 0 Å². The standard InChI is InChI=1S/C32H29BrN2O5/c33-32-26(5-2-6-28(32)24-8-10-29-31(16-24)38-14-13-37-29)21-39-27-9-7-25(19-35-11-12-36)30(17-27)40-20-23-4-1-3-22(15-23)18-34/h1-10,15-17,35-36H,11-14,19-21H2. The molecule has 0 amide bonds. The van der Waals surface area contributed by atoms with Gasteiger partial charge >= 0.3 is 0 Å². The van der Waals surface area contributed by atoms with E-state index < -0.39 is 0 Å². The van der Waals surface area contributed by atoms with Crippen LogP contribution in [0.3, 0.4) is 0 Å². The lowest BCUT2D eigenvalue weighted by atomic mass is 10.0. The Morgan fingerprint density at radius 3 is 2.58 bits per heavy atom. The molecule has 0 fully saturated rings. The summed E-state index contributed by atoms with van der Waals surface area (Å²) in [7, 11) is 0. The quantitative estimate of drug-likeness (QED) is 0.204. The lowest BCUT2D eigenvalue weighted by Crippen LogP contribution is -2.18. The number of aliphatic hydroxyl groups is 1. The van der Waals surface area contributed by atoms with Gasteiger partial charge < -0.3 is 29.4 Å². The van der Waals surface area contributed by atoms with E-state index in [1.54, 1.807) is 6.07 Å². The first-order valence-electron chi connectivity index (χ1n) is 13.0. The number of hydrogen-bond acceptors (Lipinski definition) is 7. The molecule has 4 aromatic carbocycles. The zero-order valence-electron chi connectivity index (χ0n) is 21.9. The minimum atomic E-state index is 0.0541. The van der Waals surface area contributed by atoms with Gasteiger partial charge in [0.15, 0.2) is 11.5 Å². The molecule has 0 spiro atoms. The van der Waals surface area contributed by atoms with Gasteiger partial charge in [0.2, 0.25) is 0 Å². The second-order valence-corrected chi connectivity index (χ2v) is 9.99. The minimum Gasteiger partial charge on any atom is -0.489 e. The Morgan fingerprint density at radius 1 is 0.875 bits per heavy atom. The Morgan fingerprint density at radius 2 is 1.73 bits per heavy atom. The molecule has 0 saturated carbocycles. The van der Waals surface area contributed by atoms with Gasteiger partial charge in [-0.1, -0.05) is 42.5 Å². The molecule has 1 heterocycles. The third kappa shape index (κ3) is 6.75. The normalized spacial score (nSPS) is 12.0. The fraction of sp³-hybridized carbons (Fsp3) is 0.219. The molecular weight excluding hydrogens is 572 g/mol. The number of hydrogen-bond donors (Lipinski definition) is 2. The molecule has 0 radical (unpaired) electrons. The Balaban J connectivity index is 1.32. The van der Waals surface area contributed by atoms with Gasteiger partial charge in [-0.25, -0.2) is 0 Å². The average molecular weight is 601 g/mol. The van der Waals surface area contributed by atoms with Crippen molar-refractivity contribution in [2.75, 3.05) is 26.4 Å². The van der Waals surface area contributed by atoms with E-state index >= 15 is 0 Å². The van der Waals surface area contributed by atoms with Crippen molar-refractivity contribution >= 4 is 15.9 Å². The van der Waals surface area contributed by atoms with Crippen LogP contribution < -0.4 is 24.3 Å². The van der Waals surface area contributed by atoms with Crippen LogP contribution in [0.4, 0.5) is 0 Å². The van der Waals surface area contributed by atoms with Crippen molar-refractivity contribution in [1.29, 1.82) is 5.26 Å². The highest BCUT2D eigenvalue weighted by atomic mass is 79.9. The number of halogens is 1. The van der Waals surface area contributed by atoms with E-state index in [1.807, 2.05) is 66.7 Å². The van der Waals surface area contributed by atoms with Gasteiger partial charge in [-0.3, -0.25) is 0 Å². The van der Waals surface area contributed by atoms with Crippen LogP contribution in [0.2, 0.25) is 0 Å². The van der Waals surface area contributed by atoms with Crippen molar-refractivity contribution in [3.8, 4) is 40.2 Å². The fourth-order valence-electron chi connectivity index (χ4n) is 4.39. The summed E-state index contributed by atoms with van der Waals surface area (Å²) in [6.07, 6.45) is 0. The summed E-state index contributed by atoms with van der Waals surface area (Å²) in [6.45, 7) is 2.84. The number of ether oxygens (including phenoxy) is 4. The van der Waals surface area contributed by atoms with Gasteiger partial charge in [0, 0.05) is 34.8 Å². The molecule has 0 aromatic heterocycles. The SMILES string of the molecule is N#Cc1cccc(COc2cc(OCc3cccc(-c4ccc5c(c4)OCCO5)c3Br)ccc2CNCCO)c1. The molecule has 2 N–H and O–H groups in total. The van der Waals surface area contributed by atoms with Crippen LogP contribution in [0.25, 0.3) is 11.1 Å². The van der Waals surface area contributed by atoms with E-state index in [4.69, 9.17) is 24.1 Å². The molecule has 0 bridgehead atoms. The molecule has 4 aromatic rings. The number of nitrogens with one attached hydrogen (secondary N) is 1. The molecule has 40 heavy (non-hydrogen) atoms. The highest BCUT2D eigenvalue weighted by molar-refractivity contribution is 9.10. The highest BCUT2D eigenvalue weighted by Gasteiger charge is 2.15. The number of benzene rings is 4. The summed E-state index contributed by atoms with van der Waals surface area (Å²) >= 11 is 3.78. The van der Waals surface area contributed by atoms with Crippen LogP contribution in [-0.4, -0.2) is 31.5 Å². The molecule has 0 saturated heterocycles. The lowest BCUT2D eigenvalue weighted by Gasteiger charge is -2.19. The molecule has 1 aliphatic rings. The van der Waals surface area contributed by atoms with Crippen LogP contribution in [0.1, 0.15) is 22.3 Å². The van der Waals surface area contributed by atoms with Crippen LogP contribution in [0.15, 0.2) is 83.3 Å². The topological polar surface area (TPSA) is 93.0 Å². The first-order valence-corrected chi connectivity index (χ1v) is 13.8. The zero-order valence-corrected chi connectivity index (χ0v) is 23.4. The second-order valence-electron chi connectivity index (χ2n) is 9.20. The molecule has 7 nitrogen and oxygen atoms in total. The van der Waals surface area contributed by atoms with Crippen molar-refractivity contribution < 1.29 is 24.1 Å². The number of nitrogens with zero attached hydrogens (tertiary/aromatic N) is 1. The van der Waals surface area contributed by atoms with E-state index in [9.17, 15) is 5.26 Å². The maximum absolute atomic E-state index is 9.20. The van der Waals surface area contributed by atoms with E-state index in [2.05, 4.69) is 33.4 Å². The number of nitriles is 1. The third-order valence-corrected chi connectivity index (χ3v) is 7.36. The van der Waals surface area contributed by atoms with Gasteiger partial charge in [0.1, 0.15) is 37.9 Å². The van der Waals surface area contributed by atoms with Crippen LogP contribution in [-0.2, 0) is 19.8 Å². The third-order valence-electron chi connectivity index (χ3n) is 6.42. The van der Waals surface area contributed by atoms with Gasteiger partial charge in [0.05, 0.1) is 18.2 Å². The summed E-state index contributed by atoms with van der Waals surface area (Å²) in [4.78, 5) is 0. The number of fused-ring (bicyclic) bond motifs is 1. The van der Waals surface area contributed by atoms with E-state index in [1.165, 1.54) is 0 Å². The largest absolute Gasteiger partial charge is 0.489 e. The molecule has 0 aliphatic carbocycles. The lowest BCUT2D eigenvalue weighted by molar-refractivity contribution is 0.171. The molecule has 204 valence electrons. The van der Waals surface area contributed by atoms with Crippen LogP contribution >= 0.6 is 15.9 Å². The monoisotopic (exact) mass is 600 g/mol. The van der Waals surface area contributed by atoms with Crippen LogP contribution in [0.5, 0.6) is 23.0 Å². The van der Waals surface area contributed by atoms with Crippen molar-refractivity contribution in [1.82, 2.24) is 5.32 Å². The maximum Gasteiger partial charge on any atom is 0.161 e. The molecule has 5 rings (SSSR count). The molecule has 0 unspecified atom stereocenters. The maximum atomic E-state index is 9.20. The first kappa shape index (κ1) is 27.5. The van der Waals surface area contributed by atoms with Crippen molar-refractivity contribution in [3.05, 3.63) is 106 Å². The molecule has 1 aliphatic heterocycles. The first-order chi connectivity index (χ1) is 19.6. The average Bonchev–Trinajstić information content (AvgIpc) is 3.00. The van der Waals surface area contributed by atoms with Gasteiger partial charge in [-0.2, -0.15) is 5.26 Å². The summed E-state index contributed by atoms with van der Waals surface area (Å²) in [6, 6.07) is 27.3. The van der Waals surface area contributed by atoms with E-state index in [-0.39, 0.29) is 6.61 Å². The second kappa shape index (κ2) is 13.4. The van der Waals surface area contributed by atoms with Gasteiger partial charge in [-0.15, -0.1) is 0 Å². The fourth-order valence-corrected chi connectivity index (χ4v) is 4.99. The van der Waals surface area contributed by atoms with Crippen molar-refractivity contribution in [3.63, 3.8) is 0 Å². The van der Waals surface area contributed by atoms with Gasteiger partial charge in [-0.05, 0) is 63.0 Å². The zero-order chi connectivity index (χ0) is 27.7. The molecular formula is C32H29BrN2O5. The highest BCUT2D eigenvalue weighted by Crippen LogP contribution is 2.38. The van der Waals surface area contributed by atoms with Crippen LogP contribution in [0, 0.1) is 11.3 Å². The summed E-state index contributed by atoms with van der Waals surface area (Å²) in [5, 5.41) is 21.5. The number of aliphatic hydroxyl groups excluding tert-OH is 1. The van der Waals surface area contributed by atoms with E-state index in [0.717, 1.165) is 43.8 Å². The summed E-state index contributed by atoms with van der Waals surface area (Å²) in [5.41, 5.74) is 5.49. The van der Waals surface area contributed by atoms with E-state index in [0.29, 0.717) is 56.6 Å². The molecule has 0 atom stereocenters. The molecule has 8 heteroatoms. The Hall–Kier alpha value is -4.03. The Bertz CT molecular complexity index is 1520. The van der Waals surface area contributed by atoms with Crippen molar-refractivity contribution in [2.45, 2.75) is 19.8 Å². The van der Waals surface area contributed by atoms with Crippen molar-refractivity contribution in [2.24, 2.45) is 0 Å².